The Kier molecular flexibility index (Phi) is 4.32. The van der Waals surface area contributed by atoms with E-state index < -0.39 is 6.10 Å². The third-order valence-corrected chi connectivity index (χ3v) is 4.31. The number of piperazine rings is 1. The first-order valence-electron chi connectivity index (χ1n) is 7.13. The van der Waals surface area contributed by atoms with Crippen LogP contribution in [0.15, 0.2) is 18.2 Å². The van der Waals surface area contributed by atoms with Crippen molar-refractivity contribution in [2.24, 2.45) is 0 Å². The predicted octanol–water partition coefficient (Wildman–Crippen LogP) is 2.14. The fraction of sp³-hybridized carbons (Fsp3) is 0.562. The Labute approximate surface area is 121 Å². The van der Waals surface area contributed by atoms with Crippen LogP contribution in [-0.2, 0) is 0 Å². The van der Waals surface area contributed by atoms with E-state index in [0.29, 0.717) is 17.6 Å². The lowest BCUT2D eigenvalue weighted by atomic mass is 10.0. The number of hydrogen-bond donors (Lipinski definition) is 1. The average molecular weight is 273 g/mol. The molecule has 0 bridgehead atoms. The molecule has 1 aliphatic heterocycles. The van der Waals surface area contributed by atoms with Gasteiger partial charge < -0.3 is 10.0 Å². The van der Waals surface area contributed by atoms with Crippen LogP contribution < -0.4 is 4.90 Å². The molecular weight excluding hydrogens is 250 g/mol. The van der Waals surface area contributed by atoms with Crippen LogP contribution in [0.25, 0.3) is 0 Å². The number of anilines is 1. The molecule has 1 N–H and O–H groups in total. The van der Waals surface area contributed by atoms with Gasteiger partial charge in [-0.25, -0.2) is 0 Å². The summed E-state index contributed by atoms with van der Waals surface area (Å²) in [7, 11) is 2.15. The van der Waals surface area contributed by atoms with Gasteiger partial charge in [-0.15, -0.1) is 0 Å². The van der Waals surface area contributed by atoms with Crippen molar-refractivity contribution in [1.82, 2.24) is 4.90 Å². The van der Waals surface area contributed by atoms with Crippen LogP contribution in [0.1, 0.15) is 38.0 Å². The minimum atomic E-state index is -0.525. The topological polar surface area (TPSA) is 50.5 Å². The maximum absolute atomic E-state index is 9.96. The van der Waals surface area contributed by atoms with Crippen LogP contribution in [-0.4, -0.2) is 42.2 Å². The molecule has 3 atom stereocenters. The van der Waals surface area contributed by atoms with Crippen LogP contribution in [0.2, 0.25) is 0 Å². The first-order valence-corrected chi connectivity index (χ1v) is 7.13. The zero-order valence-corrected chi connectivity index (χ0v) is 12.7. The van der Waals surface area contributed by atoms with Gasteiger partial charge in [0.1, 0.15) is 0 Å². The van der Waals surface area contributed by atoms with Crippen LogP contribution in [0.5, 0.6) is 0 Å². The fourth-order valence-electron chi connectivity index (χ4n) is 2.84. The summed E-state index contributed by atoms with van der Waals surface area (Å²) in [5, 5.41) is 19.1. The summed E-state index contributed by atoms with van der Waals surface area (Å²) >= 11 is 0. The van der Waals surface area contributed by atoms with E-state index in [1.165, 1.54) is 0 Å². The van der Waals surface area contributed by atoms with Crippen LogP contribution in [0, 0.1) is 11.3 Å². The average Bonchev–Trinajstić information content (AvgIpc) is 2.43. The quantitative estimate of drug-likeness (QED) is 0.897. The molecule has 1 heterocycles. The van der Waals surface area contributed by atoms with Crippen molar-refractivity contribution in [3.63, 3.8) is 0 Å². The molecule has 0 amide bonds. The van der Waals surface area contributed by atoms with E-state index in [2.05, 4.69) is 36.8 Å². The number of benzene rings is 1. The molecule has 0 aliphatic carbocycles. The number of rotatable bonds is 2. The van der Waals surface area contributed by atoms with Gasteiger partial charge in [-0.05, 0) is 40.0 Å². The summed E-state index contributed by atoms with van der Waals surface area (Å²) < 4.78 is 0. The highest BCUT2D eigenvalue weighted by Crippen LogP contribution is 2.30. The Bertz CT molecular complexity index is 509. The predicted molar refractivity (Wildman–Crippen MR) is 80.7 cm³/mol. The SMILES string of the molecule is CC1CN(c2cc(C#N)ccc2[C@H](C)O)CC(C)N1C. The first kappa shape index (κ1) is 14.8. The monoisotopic (exact) mass is 273 g/mol. The number of nitriles is 1. The van der Waals surface area contributed by atoms with Crippen molar-refractivity contribution in [2.75, 3.05) is 25.0 Å². The molecule has 1 aromatic rings. The Morgan fingerprint density at radius 3 is 2.40 bits per heavy atom. The number of aliphatic hydroxyl groups is 1. The largest absolute Gasteiger partial charge is 0.389 e. The molecule has 108 valence electrons. The van der Waals surface area contributed by atoms with Gasteiger partial charge in [-0.3, -0.25) is 4.90 Å². The van der Waals surface area contributed by atoms with Gasteiger partial charge in [0.2, 0.25) is 0 Å². The van der Waals surface area contributed by atoms with Crippen molar-refractivity contribution < 1.29 is 5.11 Å². The van der Waals surface area contributed by atoms with Gasteiger partial charge in [0.15, 0.2) is 0 Å². The third kappa shape index (κ3) is 2.79. The van der Waals surface area contributed by atoms with Crippen LogP contribution in [0.4, 0.5) is 5.69 Å². The van der Waals surface area contributed by atoms with E-state index in [4.69, 9.17) is 5.26 Å². The molecule has 20 heavy (non-hydrogen) atoms. The fourth-order valence-corrected chi connectivity index (χ4v) is 2.84. The van der Waals surface area contributed by atoms with Crippen molar-refractivity contribution in [3.05, 3.63) is 29.3 Å². The van der Waals surface area contributed by atoms with E-state index in [1.54, 1.807) is 13.0 Å². The minimum Gasteiger partial charge on any atom is -0.389 e. The summed E-state index contributed by atoms with van der Waals surface area (Å²) in [5.41, 5.74) is 2.53. The normalized spacial score (nSPS) is 25.3. The summed E-state index contributed by atoms with van der Waals surface area (Å²) in [6.07, 6.45) is -0.525. The molecule has 2 rings (SSSR count). The molecule has 0 spiro atoms. The van der Waals surface area contributed by atoms with Gasteiger partial charge >= 0.3 is 0 Å². The molecular formula is C16H23N3O. The maximum Gasteiger partial charge on any atom is 0.0992 e. The molecule has 1 aromatic carbocycles. The van der Waals surface area contributed by atoms with Gasteiger partial charge in [-0.1, -0.05) is 6.07 Å². The van der Waals surface area contributed by atoms with Gasteiger partial charge in [0.25, 0.3) is 0 Å². The molecule has 0 aromatic heterocycles. The minimum absolute atomic E-state index is 0.450. The highest BCUT2D eigenvalue weighted by molar-refractivity contribution is 5.59. The van der Waals surface area contributed by atoms with E-state index >= 15 is 0 Å². The van der Waals surface area contributed by atoms with Gasteiger partial charge in [0, 0.05) is 36.4 Å². The van der Waals surface area contributed by atoms with Crippen LogP contribution in [0.3, 0.4) is 0 Å². The molecule has 0 saturated carbocycles. The Hall–Kier alpha value is -1.57. The number of aliphatic hydroxyl groups excluding tert-OH is 1. The zero-order valence-electron chi connectivity index (χ0n) is 12.7. The van der Waals surface area contributed by atoms with Gasteiger partial charge in [-0.2, -0.15) is 5.26 Å². The van der Waals surface area contributed by atoms with Crippen molar-refractivity contribution in [2.45, 2.75) is 39.0 Å². The second-order valence-corrected chi connectivity index (χ2v) is 5.83. The highest BCUT2D eigenvalue weighted by atomic mass is 16.3. The van der Waals surface area contributed by atoms with E-state index in [1.807, 2.05) is 12.1 Å². The number of nitrogens with zero attached hydrogens (tertiary/aromatic N) is 3. The molecule has 1 aliphatic rings. The van der Waals surface area contributed by atoms with E-state index in [0.717, 1.165) is 24.3 Å². The molecule has 2 unspecified atom stereocenters. The smallest absolute Gasteiger partial charge is 0.0992 e. The standard InChI is InChI=1S/C16H23N3O/c1-11-9-19(10-12(2)18(11)4)16-7-14(8-17)5-6-15(16)13(3)20/h5-7,11-13,20H,9-10H2,1-4H3/t11?,12?,13-/m0/s1. The summed E-state index contributed by atoms with van der Waals surface area (Å²) in [6, 6.07) is 8.62. The van der Waals surface area contributed by atoms with Crippen molar-refractivity contribution in [3.8, 4) is 6.07 Å². The second-order valence-electron chi connectivity index (χ2n) is 5.83. The molecule has 1 fully saturated rings. The highest BCUT2D eigenvalue weighted by Gasteiger charge is 2.28. The summed E-state index contributed by atoms with van der Waals surface area (Å²) in [5.74, 6) is 0. The molecule has 4 heteroatoms. The lowest BCUT2D eigenvalue weighted by Crippen LogP contribution is -2.55. The third-order valence-electron chi connectivity index (χ3n) is 4.31. The molecule has 1 saturated heterocycles. The number of likely N-dealkylation sites (N-methyl/N-ethyl adjacent to an activating group) is 1. The van der Waals surface area contributed by atoms with Crippen LogP contribution >= 0.6 is 0 Å². The van der Waals surface area contributed by atoms with Gasteiger partial charge in [0.05, 0.1) is 17.7 Å². The Morgan fingerprint density at radius 1 is 1.30 bits per heavy atom. The second kappa shape index (κ2) is 5.82. The number of hydrogen-bond acceptors (Lipinski definition) is 4. The Balaban J connectivity index is 2.38. The van der Waals surface area contributed by atoms with E-state index in [-0.39, 0.29) is 0 Å². The molecule has 0 radical (unpaired) electrons. The Morgan fingerprint density at radius 2 is 1.90 bits per heavy atom. The van der Waals surface area contributed by atoms with Crippen molar-refractivity contribution >= 4 is 5.69 Å². The van der Waals surface area contributed by atoms with Crippen molar-refractivity contribution in [1.29, 1.82) is 5.26 Å². The lowest BCUT2D eigenvalue weighted by Gasteiger charge is -2.44. The first-order chi connectivity index (χ1) is 9.43. The van der Waals surface area contributed by atoms with E-state index in [9.17, 15) is 5.11 Å². The lowest BCUT2D eigenvalue weighted by molar-refractivity contribution is 0.168. The summed E-state index contributed by atoms with van der Waals surface area (Å²) in [6.45, 7) is 8.01. The zero-order chi connectivity index (χ0) is 14.9. The summed E-state index contributed by atoms with van der Waals surface area (Å²) in [4.78, 5) is 4.66. The molecule has 4 nitrogen and oxygen atoms in total. The maximum atomic E-state index is 9.96.